The van der Waals surface area contributed by atoms with E-state index >= 15 is 0 Å². The van der Waals surface area contributed by atoms with E-state index in [0.717, 1.165) is 29.3 Å². The van der Waals surface area contributed by atoms with Gasteiger partial charge in [-0.05, 0) is 35.0 Å². The third-order valence-electron chi connectivity index (χ3n) is 4.03. The van der Waals surface area contributed by atoms with Gasteiger partial charge in [0, 0.05) is 24.8 Å². The quantitative estimate of drug-likeness (QED) is 0.429. The zero-order chi connectivity index (χ0) is 16.7. The molecule has 3 aromatic rings. The van der Waals surface area contributed by atoms with Crippen LogP contribution in [-0.4, -0.2) is 49.9 Å². The SMILES string of the molecule is CC1COCCN1c1cc(Cl)nn2c(-c3ccn(PI)n3)cnc12. The average Bonchev–Trinajstić information content (AvgIpc) is 3.20. The first-order chi connectivity index (χ1) is 11.7. The van der Waals surface area contributed by atoms with Crippen molar-refractivity contribution in [2.45, 2.75) is 13.0 Å². The number of ether oxygens (including phenoxy) is 1. The Morgan fingerprint density at radius 2 is 2.29 bits per heavy atom. The van der Waals surface area contributed by atoms with Crippen molar-refractivity contribution in [1.29, 1.82) is 0 Å². The molecule has 1 fully saturated rings. The predicted octanol–water partition coefficient (Wildman–Crippen LogP) is 3.26. The molecule has 126 valence electrons. The van der Waals surface area contributed by atoms with Crippen molar-refractivity contribution >= 4 is 51.4 Å². The summed E-state index contributed by atoms with van der Waals surface area (Å²) >= 11 is 8.59. The van der Waals surface area contributed by atoms with Crippen LogP contribution in [0.5, 0.6) is 0 Å². The zero-order valence-electron chi connectivity index (χ0n) is 12.9. The topological polar surface area (TPSA) is 60.5 Å². The van der Waals surface area contributed by atoms with Crippen LogP contribution >= 0.6 is 40.0 Å². The fraction of sp³-hybridized carbons (Fsp3) is 0.357. The molecule has 0 radical (unpaired) electrons. The van der Waals surface area contributed by atoms with Crippen LogP contribution in [0.3, 0.4) is 0 Å². The highest BCUT2D eigenvalue weighted by atomic mass is 127. The van der Waals surface area contributed by atoms with Gasteiger partial charge in [-0.25, -0.2) is 14.0 Å². The Morgan fingerprint density at radius 3 is 3.04 bits per heavy atom. The van der Waals surface area contributed by atoms with E-state index in [9.17, 15) is 0 Å². The molecule has 0 aliphatic carbocycles. The van der Waals surface area contributed by atoms with Crippen molar-refractivity contribution in [1.82, 2.24) is 24.1 Å². The number of halogens is 2. The van der Waals surface area contributed by atoms with Gasteiger partial charge in [0.25, 0.3) is 0 Å². The van der Waals surface area contributed by atoms with Crippen molar-refractivity contribution in [3.8, 4) is 11.4 Å². The Labute approximate surface area is 158 Å². The number of rotatable bonds is 3. The molecule has 0 N–H and O–H groups in total. The highest BCUT2D eigenvalue weighted by molar-refractivity contribution is 14.2. The molecule has 1 aliphatic heterocycles. The Bertz CT molecular complexity index is 883. The summed E-state index contributed by atoms with van der Waals surface area (Å²) in [5, 5.41) is 9.43. The third kappa shape index (κ3) is 2.89. The van der Waals surface area contributed by atoms with E-state index < -0.39 is 0 Å². The van der Waals surface area contributed by atoms with Crippen LogP contribution in [0, 0.1) is 0 Å². The molecule has 0 bridgehead atoms. The Hall–Kier alpha value is -0.960. The molecule has 1 saturated heterocycles. The molecule has 4 rings (SSSR count). The number of fused-ring (bicyclic) bond motifs is 1. The molecule has 24 heavy (non-hydrogen) atoms. The second kappa shape index (κ2) is 6.74. The average molecular weight is 477 g/mol. The smallest absolute Gasteiger partial charge is 0.178 e. The molecule has 2 unspecified atom stereocenters. The van der Waals surface area contributed by atoms with Gasteiger partial charge in [-0.15, -0.1) is 0 Å². The molecule has 0 spiro atoms. The highest BCUT2D eigenvalue weighted by Crippen LogP contribution is 2.30. The van der Waals surface area contributed by atoms with Gasteiger partial charge in [0.1, 0.15) is 11.4 Å². The van der Waals surface area contributed by atoms with Crippen LogP contribution in [-0.2, 0) is 4.74 Å². The lowest BCUT2D eigenvalue weighted by molar-refractivity contribution is 0.0990. The fourth-order valence-electron chi connectivity index (χ4n) is 2.90. The van der Waals surface area contributed by atoms with Crippen LogP contribution in [0.1, 0.15) is 6.92 Å². The Morgan fingerprint density at radius 1 is 1.42 bits per heavy atom. The standard InChI is InChI=1S/C14H15ClIN6OP/c1-9-8-23-5-4-20(9)11-6-13(15)19-22-12(7-17-14(11)22)10-2-3-21(18-10)24-16/h2-3,6-7,9,24H,4-5,8H2,1H3. The number of hydrogen-bond donors (Lipinski definition) is 0. The van der Waals surface area contributed by atoms with Crippen LogP contribution in [0.15, 0.2) is 24.5 Å². The molecule has 10 heteroatoms. The molecule has 0 aromatic carbocycles. The number of imidazole rings is 1. The summed E-state index contributed by atoms with van der Waals surface area (Å²) in [6, 6.07) is 4.11. The summed E-state index contributed by atoms with van der Waals surface area (Å²) in [6.07, 6.45) is 4.31. The first-order valence-corrected chi connectivity index (χ1v) is 11.9. The lowest BCUT2D eigenvalue weighted by Gasteiger charge is -2.35. The fourth-order valence-corrected chi connectivity index (χ4v) is 4.16. The van der Waals surface area contributed by atoms with Gasteiger partial charge in [0.05, 0.1) is 31.5 Å². The minimum Gasteiger partial charge on any atom is -0.377 e. The summed E-state index contributed by atoms with van der Waals surface area (Å²) in [4.78, 5) is 6.86. The van der Waals surface area contributed by atoms with Gasteiger partial charge in [-0.1, -0.05) is 11.6 Å². The first-order valence-electron chi connectivity index (χ1n) is 7.49. The van der Waals surface area contributed by atoms with E-state index in [1.54, 1.807) is 10.7 Å². The maximum Gasteiger partial charge on any atom is 0.178 e. The normalized spacial score (nSPS) is 19.0. The van der Waals surface area contributed by atoms with Crippen LogP contribution < -0.4 is 4.90 Å². The number of aromatic nitrogens is 5. The second-order valence-electron chi connectivity index (χ2n) is 5.58. The van der Waals surface area contributed by atoms with Gasteiger partial charge < -0.3 is 9.64 Å². The van der Waals surface area contributed by atoms with Gasteiger partial charge in [-0.3, -0.25) is 0 Å². The summed E-state index contributed by atoms with van der Waals surface area (Å²) in [5.74, 6) is 0. The molecule has 0 amide bonds. The van der Waals surface area contributed by atoms with Crippen molar-refractivity contribution in [3.05, 3.63) is 29.7 Å². The summed E-state index contributed by atoms with van der Waals surface area (Å²) in [7, 11) is 0. The molecule has 4 heterocycles. The minimum absolute atomic E-state index is 0.264. The van der Waals surface area contributed by atoms with Gasteiger partial charge in [0.15, 0.2) is 10.8 Å². The Kier molecular flexibility index (Phi) is 4.64. The van der Waals surface area contributed by atoms with Crippen LogP contribution in [0.2, 0.25) is 5.15 Å². The van der Waals surface area contributed by atoms with E-state index in [2.05, 4.69) is 49.0 Å². The molecule has 7 nitrogen and oxygen atoms in total. The van der Waals surface area contributed by atoms with Crippen molar-refractivity contribution in [2.75, 3.05) is 24.7 Å². The van der Waals surface area contributed by atoms with E-state index in [1.165, 1.54) is 0 Å². The lowest BCUT2D eigenvalue weighted by Crippen LogP contribution is -2.44. The minimum atomic E-state index is 0.264. The molecule has 0 saturated carbocycles. The Balaban J connectivity index is 1.85. The van der Waals surface area contributed by atoms with Crippen molar-refractivity contribution in [3.63, 3.8) is 0 Å². The van der Waals surface area contributed by atoms with E-state index in [-0.39, 0.29) is 6.04 Å². The molecule has 2 atom stereocenters. The number of morpholine rings is 1. The molecular weight excluding hydrogens is 462 g/mol. The lowest BCUT2D eigenvalue weighted by atomic mass is 10.2. The second-order valence-corrected chi connectivity index (χ2v) is 8.04. The van der Waals surface area contributed by atoms with Crippen molar-refractivity contribution < 1.29 is 4.74 Å². The van der Waals surface area contributed by atoms with E-state index in [4.69, 9.17) is 16.3 Å². The largest absolute Gasteiger partial charge is 0.377 e. The van der Waals surface area contributed by atoms with Crippen LogP contribution in [0.25, 0.3) is 17.0 Å². The predicted molar refractivity (Wildman–Crippen MR) is 105 cm³/mol. The summed E-state index contributed by atoms with van der Waals surface area (Å²) in [5.41, 5.74) is 3.44. The molecular formula is C14H15ClIN6OP. The van der Waals surface area contributed by atoms with Crippen LogP contribution in [0.4, 0.5) is 5.69 Å². The van der Waals surface area contributed by atoms with Gasteiger partial charge in [-0.2, -0.15) is 10.2 Å². The third-order valence-corrected chi connectivity index (χ3v) is 6.12. The maximum absolute atomic E-state index is 6.30. The molecule has 3 aromatic heterocycles. The zero-order valence-corrected chi connectivity index (χ0v) is 16.8. The molecule has 1 aliphatic rings. The number of anilines is 1. The first kappa shape index (κ1) is 16.5. The number of nitrogens with zero attached hydrogens (tertiary/aromatic N) is 6. The van der Waals surface area contributed by atoms with Gasteiger partial charge in [0.2, 0.25) is 0 Å². The van der Waals surface area contributed by atoms with E-state index in [0.29, 0.717) is 24.7 Å². The highest BCUT2D eigenvalue weighted by Gasteiger charge is 2.24. The maximum atomic E-state index is 6.30. The number of hydrogen-bond acceptors (Lipinski definition) is 5. The summed E-state index contributed by atoms with van der Waals surface area (Å²) in [6.45, 7) is 4.34. The monoisotopic (exact) mass is 476 g/mol. The van der Waals surface area contributed by atoms with E-state index in [1.807, 2.05) is 22.8 Å². The summed E-state index contributed by atoms with van der Waals surface area (Å²) < 4.78 is 9.21. The van der Waals surface area contributed by atoms with Crippen molar-refractivity contribution in [2.24, 2.45) is 0 Å². The van der Waals surface area contributed by atoms with Gasteiger partial charge >= 0.3 is 0 Å².